The number of alkyl halides is 6. The maximum Gasteiger partial charge on any atom is 0.406 e. The minimum absolute atomic E-state index is 0.0806. The summed E-state index contributed by atoms with van der Waals surface area (Å²) in [4.78, 5) is 12.3. The molecule has 0 aliphatic heterocycles. The molecule has 1 aliphatic carbocycles. The smallest absolute Gasteiger partial charge is 0.395 e. The molecule has 3 nitrogen and oxygen atoms in total. The second-order valence-corrected chi connectivity index (χ2v) is 5.14. The molecule has 9 heteroatoms. The van der Waals surface area contributed by atoms with Gasteiger partial charge in [-0.2, -0.15) is 26.3 Å². The van der Waals surface area contributed by atoms with E-state index in [-0.39, 0.29) is 17.7 Å². The predicted molar refractivity (Wildman–Crippen MR) is 61.2 cm³/mol. The quantitative estimate of drug-likeness (QED) is 0.809. The highest BCUT2D eigenvalue weighted by molar-refractivity contribution is 5.79. The molecule has 1 fully saturated rings. The second kappa shape index (κ2) is 6.85. The summed E-state index contributed by atoms with van der Waals surface area (Å²) in [6.45, 7) is -3.00. The number of hydrogen-bond donors (Lipinski definition) is 1. The molecule has 0 saturated heterocycles. The summed E-state index contributed by atoms with van der Waals surface area (Å²) in [5.74, 6) is -4.58. The van der Waals surface area contributed by atoms with E-state index in [2.05, 4.69) is 0 Å². The van der Waals surface area contributed by atoms with Gasteiger partial charge in [-0.1, -0.05) is 12.8 Å². The number of carbonyl (C=O) groups is 1. The van der Waals surface area contributed by atoms with Crippen molar-refractivity contribution in [3.63, 3.8) is 0 Å². The van der Waals surface area contributed by atoms with Crippen molar-refractivity contribution in [2.45, 2.75) is 38.0 Å². The number of hydrogen-bond acceptors (Lipinski definition) is 2. The fourth-order valence-electron chi connectivity index (χ4n) is 2.66. The molecule has 1 aliphatic rings. The summed E-state index contributed by atoms with van der Waals surface area (Å²) in [6, 6.07) is 0. The first-order chi connectivity index (χ1) is 9.56. The Morgan fingerprint density at radius 2 is 1.67 bits per heavy atom. The summed E-state index contributed by atoms with van der Waals surface area (Å²) in [5.41, 5.74) is 0. The Hall–Kier alpha value is -0.990. The molecule has 2 unspecified atom stereocenters. The van der Waals surface area contributed by atoms with Crippen LogP contribution >= 0.6 is 0 Å². The highest BCUT2D eigenvalue weighted by atomic mass is 19.4. The molecule has 0 aromatic carbocycles. The zero-order valence-corrected chi connectivity index (χ0v) is 11.2. The van der Waals surface area contributed by atoms with Crippen LogP contribution in [0.3, 0.4) is 0 Å². The number of halogens is 6. The molecule has 1 rings (SSSR count). The van der Waals surface area contributed by atoms with Gasteiger partial charge in [-0.05, 0) is 12.8 Å². The van der Waals surface area contributed by atoms with E-state index < -0.39 is 49.8 Å². The molecule has 1 N–H and O–H groups in total. The number of nitrogens with zero attached hydrogens (tertiary/aromatic N) is 1. The second-order valence-electron chi connectivity index (χ2n) is 5.14. The summed E-state index contributed by atoms with van der Waals surface area (Å²) < 4.78 is 75.9. The molecule has 1 amide bonds. The molecular formula is C12H17F6NO2. The van der Waals surface area contributed by atoms with Crippen LogP contribution in [0.25, 0.3) is 0 Å². The van der Waals surface area contributed by atoms with Gasteiger partial charge in [0, 0.05) is 12.5 Å². The zero-order valence-electron chi connectivity index (χ0n) is 11.2. The van der Waals surface area contributed by atoms with Crippen molar-refractivity contribution >= 4 is 5.91 Å². The van der Waals surface area contributed by atoms with Crippen LogP contribution < -0.4 is 0 Å². The Labute approximate surface area is 117 Å². The first-order valence-electron chi connectivity index (χ1n) is 6.59. The number of carbonyl (C=O) groups excluding carboxylic acids is 1. The largest absolute Gasteiger partial charge is 0.406 e. The number of aliphatic hydroxyl groups excluding tert-OH is 1. The van der Waals surface area contributed by atoms with Gasteiger partial charge >= 0.3 is 12.4 Å². The van der Waals surface area contributed by atoms with Crippen LogP contribution in [0.1, 0.15) is 25.7 Å². The normalized spacial score (nSPS) is 24.0. The monoisotopic (exact) mass is 321 g/mol. The van der Waals surface area contributed by atoms with Crippen molar-refractivity contribution in [3.05, 3.63) is 0 Å². The minimum Gasteiger partial charge on any atom is -0.395 e. The molecule has 0 heterocycles. The van der Waals surface area contributed by atoms with Crippen molar-refractivity contribution in [2.24, 2.45) is 11.8 Å². The Morgan fingerprint density at radius 1 is 1.10 bits per heavy atom. The van der Waals surface area contributed by atoms with Crippen molar-refractivity contribution in [1.82, 2.24) is 4.90 Å². The van der Waals surface area contributed by atoms with Crippen LogP contribution in [0.15, 0.2) is 0 Å². The Bertz CT molecular complexity index is 355. The summed E-state index contributed by atoms with van der Waals surface area (Å²) in [7, 11) is 0. The molecular weight excluding hydrogens is 304 g/mol. The van der Waals surface area contributed by atoms with E-state index in [1.165, 1.54) is 0 Å². The highest BCUT2D eigenvalue weighted by Crippen LogP contribution is 2.42. The van der Waals surface area contributed by atoms with Crippen LogP contribution in [-0.2, 0) is 4.79 Å². The standard InChI is InChI=1S/C12H17F6NO2/c13-11(14,15)7-19(5-6-20)10(21)8-3-1-2-4-9(8)12(16,17)18/h8-9,20H,1-7H2. The van der Waals surface area contributed by atoms with Gasteiger partial charge in [0.15, 0.2) is 0 Å². The summed E-state index contributed by atoms with van der Waals surface area (Å²) >= 11 is 0. The third-order valence-electron chi connectivity index (χ3n) is 3.56. The van der Waals surface area contributed by atoms with Crippen molar-refractivity contribution < 1.29 is 36.2 Å². The molecule has 0 aromatic heterocycles. The molecule has 0 radical (unpaired) electrons. The highest BCUT2D eigenvalue weighted by Gasteiger charge is 2.49. The van der Waals surface area contributed by atoms with Gasteiger partial charge < -0.3 is 10.0 Å². The third-order valence-corrected chi connectivity index (χ3v) is 3.56. The van der Waals surface area contributed by atoms with Crippen LogP contribution in [0, 0.1) is 11.8 Å². The minimum atomic E-state index is -4.72. The summed E-state index contributed by atoms with van der Waals surface area (Å²) in [6.07, 6.45) is -8.98. The maximum absolute atomic E-state index is 12.9. The van der Waals surface area contributed by atoms with Gasteiger partial charge in [0.1, 0.15) is 6.54 Å². The van der Waals surface area contributed by atoms with E-state index in [0.717, 1.165) is 0 Å². The lowest BCUT2D eigenvalue weighted by Gasteiger charge is -2.35. The lowest BCUT2D eigenvalue weighted by molar-refractivity contribution is -0.204. The Kier molecular flexibility index (Phi) is 5.89. The first kappa shape index (κ1) is 18.1. The van der Waals surface area contributed by atoms with E-state index in [0.29, 0.717) is 12.8 Å². The van der Waals surface area contributed by atoms with Gasteiger partial charge in [0.25, 0.3) is 0 Å². The Balaban J connectivity index is 2.89. The lowest BCUT2D eigenvalue weighted by atomic mass is 9.78. The van der Waals surface area contributed by atoms with Crippen LogP contribution in [0.2, 0.25) is 0 Å². The predicted octanol–water partition coefficient (Wildman–Crippen LogP) is 2.74. The molecule has 0 aromatic rings. The average molecular weight is 321 g/mol. The van der Waals surface area contributed by atoms with Crippen LogP contribution in [0.5, 0.6) is 0 Å². The molecule has 124 valence electrons. The number of amides is 1. The van der Waals surface area contributed by atoms with Crippen LogP contribution in [0.4, 0.5) is 26.3 Å². The molecule has 2 atom stereocenters. The molecule has 21 heavy (non-hydrogen) atoms. The van der Waals surface area contributed by atoms with E-state index in [1.54, 1.807) is 0 Å². The lowest BCUT2D eigenvalue weighted by Crippen LogP contribution is -2.48. The SMILES string of the molecule is O=C(C1CCCCC1C(F)(F)F)N(CCO)CC(F)(F)F. The van der Waals surface area contributed by atoms with E-state index in [1.807, 2.05) is 0 Å². The van der Waals surface area contributed by atoms with Crippen LogP contribution in [-0.4, -0.2) is 48.0 Å². The fraction of sp³-hybridized carbons (Fsp3) is 0.917. The van der Waals surface area contributed by atoms with Gasteiger partial charge in [-0.3, -0.25) is 4.79 Å². The topological polar surface area (TPSA) is 40.5 Å². The maximum atomic E-state index is 12.9. The zero-order chi connectivity index (χ0) is 16.3. The Morgan fingerprint density at radius 3 is 2.14 bits per heavy atom. The fourth-order valence-corrected chi connectivity index (χ4v) is 2.66. The van der Waals surface area contributed by atoms with Crippen molar-refractivity contribution in [3.8, 4) is 0 Å². The average Bonchev–Trinajstić information content (AvgIpc) is 2.35. The van der Waals surface area contributed by atoms with E-state index in [4.69, 9.17) is 5.11 Å². The number of aliphatic hydroxyl groups is 1. The summed E-state index contributed by atoms with van der Waals surface area (Å²) in [5, 5.41) is 8.72. The van der Waals surface area contributed by atoms with Gasteiger partial charge in [0.05, 0.1) is 12.5 Å². The molecule has 1 saturated carbocycles. The molecule has 0 spiro atoms. The van der Waals surface area contributed by atoms with E-state index >= 15 is 0 Å². The third kappa shape index (κ3) is 5.37. The number of rotatable bonds is 4. The van der Waals surface area contributed by atoms with Gasteiger partial charge in [0.2, 0.25) is 5.91 Å². The van der Waals surface area contributed by atoms with E-state index in [9.17, 15) is 31.1 Å². The van der Waals surface area contributed by atoms with Gasteiger partial charge in [-0.25, -0.2) is 0 Å². The van der Waals surface area contributed by atoms with Gasteiger partial charge in [-0.15, -0.1) is 0 Å². The first-order valence-corrected chi connectivity index (χ1v) is 6.59. The molecule has 0 bridgehead atoms. The van der Waals surface area contributed by atoms with Crippen molar-refractivity contribution in [2.75, 3.05) is 19.7 Å². The van der Waals surface area contributed by atoms with Crippen molar-refractivity contribution in [1.29, 1.82) is 0 Å².